The highest BCUT2D eigenvalue weighted by atomic mass is 19.4. The van der Waals surface area contributed by atoms with Crippen molar-refractivity contribution in [3.8, 4) is 29.1 Å². The van der Waals surface area contributed by atoms with E-state index in [1.807, 2.05) is 29.0 Å². The van der Waals surface area contributed by atoms with Crippen molar-refractivity contribution in [2.24, 2.45) is 17.6 Å². The van der Waals surface area contributed by atoms with Gasteiger partial charge in [0, 0.05) is 48.9 Å². The maximum absolute atomic E-state index is 14.5. The van der Waals surface area contributed by atoms with Crippen LogP contribution in [0.25, 0.3) is 16.9 Å². The molecule has 2 fully saturated rings. The SMILES string of the molecule is N#Cc1ccc(-c2cc(NC[C@H]3CCC[C@H](N)C3)nn2-c2ccc(N3CCC(C#N)CC3)cc2)cc1F.O=C(O)C(F)(F)F. The van der Waals surface area contributed by atoms with Crippen LogP contribution >= 0.6 is 0 Å². The fourth-order valence-corrected chi connectivity index (χ4v) is 5.47. The maximum Gasteiger partial charge on any atom is 0.490 e. The molecule has 1 saturated carbocycles. The third kappa shape index (κ3) is 8.26. The van der Waals surface area contributed by atoms with Crippen molar-refractivity contribution < 1.29 is 27.5 Å². The second kappa shape index (κ2) is 14.2. The number of carbonyl (C=O) groups is 1. The van der Waals surface area contributed by atoms with E-state index < -0.39 is 18.0 Å². The van der Waals surface area contributed by atoms with E-state index in [4.69, 9.17) is 26.0 Å². The second-order valence-corrected chi connectivity index (χ2v) is 11.0. The summed E-state index contributed by atoms with van der Waals surface area (Å²) in [6.07, 6.45) is 1.08. The Labute approximate surface area is 252 Å². The lowest BCUT2D eigenvalue weighted by molar-refractivity contribution is -0.192. The molecular weight excluding hydrogens is 578 g/mol. The molecule has 1 aliphatic heterocycles. The topological polar surface area (TPSA) is 144 Å². The van der Waals surface area contributed by atoms with Crippen LogP contribution in [-0.4, -0.2) is 52.7 Å². The number of hydrogen-bond acceptors (Lipinski definition) is 7. The summed E-state index contributed by atoms with van der Waals surface area (Å²) in [5, 5.41) is 33.8. The van der Waals surface area contributed by atoms with Gasteiger partial charge in [-0.3, -0.25) is 0 Å². The van der Waals surface area contributed by atoms with Gasteiger partial charge in [0.05, 0.1) is 23.0 Å². The summed E-state index contributed by atoms with van der Waals surface area (Å²) in [6, 6.07) is 19.3. The number of carboxylic acid groups (broad SMARTS) is 1. The monoisotopic (exact) mass is 611 g/mol. The summed E-state index contributed by atoms with van der Waals surface area (Å²) >= 11 is 0. The molecule has 232 valence electrons. The van der Waals surface area contributed by atoms with Crippen LogP contribution in [0.5, 0.6) is 0 Å². The normalized spacial score (nSPS) is 18.8. The molecule has 5 rings (SSSR count). The first-order valence-electron chi connectivity index (χ1n) is 14.3. The van der Waals surface area contributed by atoms with Gasteiger partial charge in [0.25, 0.3) is 0 Å². The molecule has 13 heteroatoms. The van der Waals surface area contributed by atoms with Crippen molar-refractivity contribution in [2.75, 3.05) is 29.9 Å². The molecule has 9 nitrogen and oxygen atoms in total. The molecule has 0 amide bonds. The molecular formula is C31H33F4N7O2. The average Bonchev–Trinajstić information content (AvgIpc) is 3.44. The highest BCUT2D eigenvalue weighted by Gasteiger charge is 2.38. The first-order valence-corrected chi connectivity index (χ1v) is 14.3. The molecule has 3 aromatic rings. The van der Waals surface area contributed by atoms with Crippen molar-refractivity contribution in [3.05, 3.63) is 59.9 Å². The highest BCUT2D eigenvalue weighted by Crippen LogP contribution is 2.30. The maximum atomic E-state index is 14.5. The van der Waals surface area contributed by atoms with Gasteiger partial charge in [0.1, 0.15) is 17.7 Å². The molecule has 1 aliphatic carbocycles. The average molecular weight is 612 g/mol. The van der Waals surface area contributed by atoms with Crippen LogP contribution < -0.4 is 16.0 Å². The fraction of sp³-hybridized carbons (Fsp3) is 0.419. The standard InChI is InChI=1S/C29H32FN7.C2HF3O2/c30-27-15-22(4-5-23(27)18-32)28-16-29(34-19-21-2-1-3-24(33)14-21)35-37(28)26-8-6-25(7-9-26)36-12-10-20(17-31)11-13-36;3-2(4,5)1(6)7/h4-9,15-16,20-21,24H,1-3,10-14,19,33H2,(H,34,35);(H,6,7)/t21-,24-;/m0./s1. The van der Waals surface area contributed by atoms with Gasteiger partial charge in [-0.05, 0) is 74.4 Å². The summed E-state index contributed by atoms with van der Waals surface area (Å²) in [7, 11) is 0. The minimum atomic E-state index is -5.08. The molecule has 2 aromatic carbocycles. The Bertz CT molecular complexity index is 1520. The van der Waals surface area contributed by atoms with Crippen molar-refractivity contribution in [2.45, 2.75) is 50.7 Å². The number of halogens is 4. The van der Waals surface area contributed by atoms with E-state index in [1.165, 1.54) is 12.1 Å². The van der Waals surface area contributed by atoms with Gasteiger partial charge in [-0.15, -0.1) is 5.10 Å². The van der Waals surface area contributed by atoms with Crippen molar-refractivity contribution >= 4 is 17.5 Å². The number of alkyl halides is 3. The molecule has 0 unspecified atom stereocenters. The molecule has 1 aromatic heterocycles. The van der Waals surface area contributed by atoms with Crippen LogP contribution in [0.2, 0.25) is 0 Å². The fourth-order valence-electron chi connectivity index (χ4n) is 5.47. The van der Waals surface area contributed by atoms with Crippen molar-refractivity contribution in [3.63, 3.8) is 0 Å². The Balaban J connectivity index is 0.000000566. The number of anilines is 2. The molecule has 4 N–H and O–H groups in total. The van der Waals surface area contributed by atoms with E-state index in [-0.39, 0.29) is 17.5 Å². The Morgan fingerprint density at radius 1 is 1.05 bits per heavy atom. The van der Waals surface area contributed by atoms with E-state index in [1.54, 1.807) is 6.07 Å². The summed E-state index contributed by atoms with van der Waals surface area (Å²) in [5.74, 6) is -1.93. The van der Waals surface area contributed by atoms with E-state index in [2.05, 4.69) is 28.4 Å². The molecule has 2 heterocycles. The van der Waals surface area contributed by atoms with Gasteiger partial charge in [-0.25, -0.2) is 13.9 Å². The highest BCUT2D eigenvalue weighted by molar-refractivity contribution is 5.73. The summed E-state index contributed by atoms with van der Waals surface area (Å²) in [6.45, 7) is 2.53. The van der Waals surface area contributed by atoms with Crippen LogP contribution in [-0.2, 0) is 4.79 Å². The molecule has 2 atom stereocenters. The number of nitrogens with zero attached hydrogens (tertiary/aromatic N) is 5. The number of piperidine rings is 1. The van der Waals surface area contributed by atoms with Crippen molar-refractivity contribution in [1.29, 1.82) is 10.5 Å². The number of benzene rings is 2. The number of aliphatic carboxylic acids is 1. The Morgan fingerprint density at radius 3 is 2.27 bits per heavy atom. The van der Waals surface area contributed by atoms with E-state index in [0.29, 0.717) is 11.5 Å². The lowest BCUT2D eigenvalue weighted by Crippen LogP contribution is -2.33. The van der Waals surface area contributed by atoms with Gasteiger partial charge in [-0.2, -0.15) is 23.7 Å². The molecule has 0 radical (unpaired) electrons. The summed E-state index contributed by atoms with van der Waals surface area (Å²) in [5.41, 5.74) is 9.56. The number of nitrogens with two attached hydrogens (primary N) is 1. The summed E-state index contributed by atoms with van der Waals surface area (Å²) in [4.78, 5) is 11.2. The Hall–Kier alpha value is -4.62. The first-order chi connectivity index (χ1) is 21.0. The zero-order chi connectivity index (χ0) is 31.9. The zero-order valence-corrected chi connectivity index (χ0v) is 23.9. The minimum absolute atomic E-state index is 0.0197. The number of nitrogens with one attached hydrogen (secondary N) is 1. The van der Waals surface area contributed by atoms with Crippen LogP contribution in [0.4, 0.5) is 29.1 Å². The molecule has 44 heavy (non-hydrogen) atoms. The third-order valence-corrected chi connectivity index (χ3v) is 7.87. The van der Waals surface area contributed by atoms with Gasteiger partial charge >= 0.3 is 12.1 Å². The predicted octanol–water partition coefficient (Wildman–Crippen LogP) is 5.85. The quantitative estimate of drug-likeness (QED) is 0.295. The number of nitriles is 2. The number of hydrogen-bond donors (Lipinski definition) is 3. The van der Waals surface area contributed by atoms with Gasteiger partial charge in [-0.1, -0.05) is 12.5 Å². The molecule has 0 bridgehead atoms. The lowest BCUT2D eigenvalue weighted by atomic mass is 9.86. The van der Waals surface area contributed by atoms with Crippen molar-refractivity contribution in [1.82, 2.24) is 9.78 Å². The van der Waals surface area contributed by atoms with E-state index in [9.17, 15) is 22.8 Å². The first kappa shape index (κ1) is 32.3. The van der Waals surface area contributed by atoms with E-state index >= 15 is 0 Å². The second-order valence-electron chi connectivity index (χ2n) is 11.0. The van der Waals surface area contributed by atoms with Crippen LogP contribution in [0.3, 0.4) is 0 Å². The van der Waals surface area contributed by atoms with Crippen LogP contribution in [0, 0.1) is 40.3 Å². The lowest BCUT2D eigenvalue weighted by Gasteiger charge is -2.31. The number of rotatable bonds is 6. The van der Waals surface area contributed by atoms with E-state index in [0.717, 1.165) is 81.0 Å². The Morgan fingerprint density at radius 2 is 1.70 bits per heavy atom. The smallest absolute Gasteiger partial charge is 0.475 e. The summed E-state index contributed by atoms with van der Waals surface area (Å²) < 4.78 is 48.1. The largest absolute Gasteiger partial charge is 0.490 e. The van der Waals surface area contributed by atoms with Gasteiger partial charge in [0.15, 0.2) is 0 Å². The molecule has 2 aliphatic rings. The Kier molecular flexibility index (Phi) is 10.4. The van der Waals surface area contributed by atoms with Gasteiger partial charge < -0.3 is 21.1 Å². The number of carboxylic acids is 1. The third-order valence-electron chi connectivity index (χ3n) is 7.87. The number of aromatic nitrogens is 2. The molecule has 1 saturated heterocycles. The minimum Gasteiger partial charge on any atom is -0.475 e. The van der Waals surface area contributed by atoms with Crippen LogP contribution in [0.1, 0.15) is 44.1 Å². The zero-order valence-electron chi connectivity index (χ0n) is 23.9. The molecule has 0 spiro atoms. The van der Waals surface area contributed by atoms with Gasteiger partial charge in [0.2, 0.25) is 0 Å². The van der Waals surface area contributed by atoms with Crippen LogP contribution in [0.15, 0.2) is 48.5 Å². The predicted molar refractivity (Wildman–Crippen MR) is 156 cm³/mol.